The summed E-state index contributed by atoms with van der Waals surface area (Å²) < 4.78 is 7.37. The van der Waals surface area contributed by atoms with E-state index < -0.39 is 0 Å². The summed E-state index contributed by atoms with van der Waals surface area (Å²) in [4.78, 5) is 15.1. The third-order valence-electron chi connectivity index (χ3n) is 6.16. The summed E-state index contributed by atoms with van der Waals surface area (Å²) in [6.07, 6.45) is 3.92. The van der Waals surface area contributed by atoms with Gasteiger partial charge in [-0.3, -0.25) is 10.2 Å². The number of methoxy groups -OCH3 is 1. The number of likely N-dealkylation sites (tertiary alicyclic amines) is 1. The molecule has 1 fully saturated rings. The highest BCUT2D eigenvalue weighted by Gasteiger charge is 2.29. The van der Waals surface area contributed by atoms with Crippen LogP contribution in [0.3, 0.4) is 0 Å². The zero-order valence-corrected chi connectivity index (χ0v) is 17.5. The van der Waals surface area contributed by atoms with Crippen LogP contribution >= 0.6 is 0 Å². The van der Waals surface area contributed by atoms with Gasteiger partial charge in [0.15, 0.2) is 0 Å². The first-order chi connectivity index (χ1) is 14.5. The second-order valence-electron chi connectivity index (χ2n) is 7.94. The van der Waals surface area contributed by atoms with Gasteiger partial charge >= 0.3 is 0 Å². The van der Waals surface area contributed by atoms with Gasteiger partial charge in [-0.2, -0.15) is 0 Å². The molecule has 1 aliphatic heterocycles. The number of ether oxygens (including phenoxy) is 1. The van der Waals surface area contributed by atoms with Crippen LogP contribution in [0.4, 0.5) is 0 Å². The quantitative estimate of drug-likeness (QED) is 0.485. The summed E-state index contributed by atoms with van der Waals surface area (Å²) in [5.74, 6) is 0.940. The lowest BCUT2D eigenvalue weighted by Gasteiger charge is -2.25. The van der Waals surface area contributed by atoms with Crippen LogP contribution in [0.2, 0.25) is 0 Å². The van der Waals surface area contributed by atoms with E-state index in [1.165, 1.54) is 5.69 Å². The maximum absolute atomic E-state index is 13.0. The number of fused-ring (bicyclic) bond motifs is 1. The smallest absolute Gasteiger partial charge is 0.254 e. The van der Waals surface area contributed by atoms with Crippen molar-refractivity contribution in [1.29, 1.82) is 5.41 Å². The minimum Gasteiger partial charge on any atom is -0.497 e. The van der Waals surface area contributed by atoms with Crippen LogP contribution in [0.5, 0.6) is 5.75 Å². The Bertz CT molecular complexity index is 1080. The molecule has 0 radical (unpaired) electrons. The van der Waals surface area contributed by atoms with E-state index in [9.17, 15) is 4.79 Å². The summed E-state index contributed by atoms with van der Waals surface area (Å²) in [7, 11) is 3.68. The fourth-order valence-electron chi connectivity index (χ4n) is 4.41. The number of hydrogen-bond acceptors (Lipinski definition) is 3. The number of benzene rings is 2. The van der Waals surface area contributed by atoms with Crippen LogP contribution in [-0.4, -0.2) is 40.9 Å². The van der Waals surface area contributed by atoms with Gasteiger partial charge in [-0.25, -0.2) is 0 Å². The van der Waals surface area contributed by atoms with Gasteiger partial charge in [0.1, 0.15) is 11.6 Å². The van der Waals surface area contributed by atoms with Crippen LogP contribution in [0.1, 0.15) is 40.9 Å². The van der Waals surface area contributed by atoms with Crippen molar-refractivity contribution in [3.8, 4) is 5.75 Å². The van der Waals surface area contributed by atoms with Crippen molar-refractivity contribution >= 4 is 22.6 Å². The van der Waals surface area contributed by atoms with Gasteiger partial charge in [0.05, 0.1) is 7.11 Å². The first-order valence-electron chi connectivity index (χ1n) is 10.4. The Morgan fingerprint density at radius 3 is 2.60 bits per heavy atom. The SMILES string of the molecule is COc1ccc(C(=O)N2CCC[C@H]2CCc2cc3ccc(C(=N)N)cc3n2C)cc1. The van der Waals surface area contributed by atoms with Crippen LogP contribution < -0.4 is 10.5 Å². The highest BCUT2D eigenvalue weighted by molar-refractivity contribution is 5.98. The fraction of sp³-hybridized carbons (Fsp3) is 0.333. The number of nitrogens with two attached hydrogens (primary N) is 1. The van der Waals surface area contributed by atoms with Crippen LogP contribution in [0.15, 0.2) is 48.5 Å². The van der Waals surface area contributed by atoms with E-state index in [0.717, 1.165) is 54.4 Å². The number of rotatable bonds is 6. The molecule has 6 heteroatoms. The second kappa shape index (κ2) is 8.22. The number of nitrogens with one attached hydrogen (secondary N) is 1. The van der Waals surface area contributed by atoms with Crippen molar-refractivity contribution in [3.05, 3.63) is 65.4 Å². The average molecular weight is 405 g/mol. The van der Waals surface area contributed by atoms with E-state index >= 15 is 0 Å². The maximum atomic E-state index is 13.0. The molecule has 2 aromatic carbocycles. The van der Waals surface area contributed by atoms with Crippen molar-refractivity contribution in [2.45, 2.75) is 31.7 Å². The summed E-state index contributed by atoms with van der Waals surface area (Å²) >= 11 is 0. The van der Waals surface area contributed by atoms with Gasteiger partial charge < -0.3 is 19.9 Å². The second-order valence-corrected chi connectivity index (χ2v) is 7.94. The summed E-state index contributed by atoms with van der Waals surface area (Å²) in [6.45, 7) is 0.812. The van der Waals surface area contributed by atoms with E-state index in [1.54, 1.807) is 7.11 Å². The zero-order chi connectivity index (χ0) is 21.3. The lowest BCUT2D eigenvalue weighted by Crippen LogP contribution is -2.35. The standard InChI is InChI=1S/C24H28N4O2/c1-27-20(14-17-5-6-18(23(25)26)15-22(17)27)10-9-19-4-3-13-28(19)24(29)16-7-11-21(30-2)12-8-16/h5-8,11-12,14-15,19H,3-4,9-10,13H2,1-2H3,(H3,25,26)/t19-/m0/s1. The number of aromatic nitrogens is 1. The Morgan fingerprint density at radius 1 is 1.17 bits per heavy atom. The number of carbonyl (C=O) groups is 1. The highest BCUT2D eigenvalue weighted by atomic mass is 16.5. The van der Waals surface area contributed by atoms with E-state index in [1.807, 2.05) is 47.4 Å². The minimum atomic E-state index is 0.0818. The van der Waals surface area contributed by atoms with Crippen molar-refractivity contribution in [1.82, 2.24) is 9.47 Å². The Hall–Kier alpha value is -3.28. The Labute approximate surface area is 176 Å². The number of amidine groups is 1. The van der Waals surface area contributed by atoms with E-state index in [4.69, 9.17) is 15.9 Å². The van der Waals surface area contributed by atoms with Gasteiger partial charge in [0.25, 0.3) is 5.91 Å². The molecule has 0 bridgehead atoms. The molecule has 2 heterocycles. The molecule has 0 unspecified atom stereocenters. The Morgan fingerprint density at radius 2 is 1.90 bits per heavy atom. The zero-order valence-electron chi connectivity index (χ0n) is 17.5. The third-order valence-corrected chi connectivity index (χ3v) is 6.16. The molecule has 30 heavy (non-hydrogen) atoms. The average Bonchev–Trinajstić information content (AvgIpc) is 3.36. The summed E-state index contributed by atoms with van der Waals surface area (Å²) in [5.41, 5.74) is 9.40. The predicted molar refractivity (Wildman–Crippen MR) is 119 cm³/mol. The van der Waals surface area contributed by atoms with Crippen LogP contribution in [-0.2, 0) is 13.5 Å². The normalized spacial score (nSPS) is 16.2. The molecule has 0 aliphatic carbocycles. The maximum Gasteiger partial charge on any atom is 0.254 e. The monoisotopic (exact) mass is 404 g/mol. The minimum absolute atomic E-state index is 0.0818. The van der Waals surface area contributed by atoms with Gasteiger partial charge in [-0.05, 0) is 67.5 Å². The molecule has 0 saturated carbocycles. The fourth-order valence-corrected chi connectivity index (χ4v) is 4.41. The van der Waals surface area contributed by atoms with Gasteiger partial charge in [0, 0.05) is 42.0 Å². The predicted octanol–water partition coefficient (Wildman–Crippen LogP) is 3.71. The molecule has 1 saturated heterocycles. The summed E-state index contributed by atoms with van der Waals surface area (Å²) in [5, 5.41) is 8.81. The van der Waals surface area contributed by atoms with Crippen LogP contribution in [0.25, 0.3) is 10.9 Å². The number of carbonyl (C=O) groups excluding carboxylic acids is 1. The number of aryl methyl sites for hydroxylation is 2. The van der Waals surface area contributed by atoms with Crippen LogP contribution in [0, 0.1) is 5.41 Å². The largest absolute Gasteiger partial charge is 0.497 e. The lowest BCUT2D eigenvalue weighted by molar-refractivity contribution is 0.0730. The molecule has 3 N–H and O–H groups in total. The Balaban J connectivity index is 1.48. The van der Waals surface area contributed by atoms with E-state index in [0.29, 0.717) is 5.56 Å². The number of amides is 1. The molecule has 1 atom stereocenters. The van der Waals surface area contributed by atoms with Crippen molar-refractivity contribution in [2.24, 2.45) is 12.8 Å². The molecule has 6 nitrogen and oxygen atoms in total. The van der Waals surface area contributed by atoms with Crippen molar-refractivity contribution < 1.29 is 9.53 Å². The first kappa shape index (κ1) is 20.0. The molecular formula is C24H28N4O2. The van der Waals surface area contributed by atoms with E-state index in [2.05, 4.69) is 17.7 Å². The molecule has 3 aromatic rings. The van der Waals surface area contributed by atoms with Crippen molar-refractivity contribution in [3.63, 3.8) is 0 Å². The van der Waals surface area contributed by atoms with Gasteiger partial charge in [-0.1, -0.05) is 12.1 Å². The molecule has 1 aliphatic rings. The number of hydrogen-bond donors (Lipinski definition) is 2. The van der Waals surface area contributed by atoms with Gasteiger partial charge in [-0.15, -0.1) is 0 Å². The number of nitrogens with zero attached hydrogens (tertiary/aromatic N) is 2. The molecule has 156 valence electrons. The first-order valence-corrected chi connectivity index (χ1v) is 10.4. The third kappa shape index (κ3) is 3.77. The molecule has 1 amide bonds. The number of nitrogen functional groups attached to an aromatic ring is 1. The molecule has 0 spiro atoms. The highest BCUT2D eigenvalue weighted by Crippen LogP contribution is 2.27. The van der Waals surface area contributed by atoms with Gasteiger partial charge in [0.2, 0.25) is 0 Å². The lowest BCUT2D eigenvalue weighted by atomic mass is 10.1. The molecule has 4 rings (SSSR count). The topological polar surface area (TPSA) is 84.3 Å². The molecule has 1 aromatic heterocycles. The molecular weight excluding hydrogens is 376 g/mol. The summed E-state index contributed by atoms with van der Waals surface area (Å²) in [6, 6.07) is 15.7. The van der Waals surface area contributed by atoms with Crippen molar-refractivity contribution in [2.75, 3.05) is 13.7 Å². The van der Waals surface area contributed by atoms with E-state index in [-0.39, 0.29) is 17.8 Å². The Kier molecular flexibility index (Phi) is 5.48.